The molecule has 1 aliphatic carbocycles. The van der Waals surface area contributed by atoms with Gasteiger partial charge in [-0.25, -0.2) is 9.97 Å². The highest BCUT2D eigenvalue weighted by Gasteiger charge is 2.56. The molecule has 1 saturated heterocycles. The van der Waals surface area contributed by atoms with Crippen LogP contribution in [0.1, 0.15) is 19.7 Å². The predicted octanol–water partition coefficient (Wildman–Crippen LogP) is 2.12. The first-order chi connectivity index (χ1) is 7.66. The molecule has 0 spiro atoms. The van der Waals surface area contributed by atoms with Crippen molar-refractivity contribution in [3.63, 3.8) is 0 Å². The fourth-order valence-corrected chi connectivity index (χ4v) is 3.32. The summed E-state index contributed by atoms with van der Waals surface area (Å²) in [6.07, 6.45) is 3.91. The maximum absolute atomic E-state index is 4.26. The van der Waals surface area contributed by atoms with Crippen molar-refractivity contribution in [2.45, 2.75) is 20.8 Å². The lowest BCUT2D eigenvalue weighted by molar-refractivity contribution is 0.479. The van der Waals surface area contributed by atoms with Gasteiger partial charge >= 0.3 is 0 Å². The molecule has 1 aliphatic heterocycles. The summed E-state index contributed by atoms with van der Waals surface area (Å²) in [5.74, 6) is 4.55. The van der Waals surface area contributed by atoms with Gasteiger partial charge in [-0.2, -0.15) is 0 Å². The van der Waals surface area contributed by atoms with Crippen LogP contribution in [0.2, 0.25) is 0 Å². The number of aryl methyl sites for hydroxylation is 1. The fraction of sp³-hybridized carbons (Fsp3) is 0.692. The summed E-state index contributed by atoms with van der Waals surface area (Å²) in [6, 6.07) is 0. The molecule has 1 aromatic rings. The minimum absolute atomic E-state index is 0.853. The van der Waals surface area contributed by atoms with Crippen molar-refractivity contribution < 1.29 is 0 Å². The van der Waals surface area contributed by atoms with E-state index in [0.29, 0.717) is 0 Å². The van der Waals surface area contributed by atoms with Gasteiger partial charge in [-0.05, 0) is 30.6 Å². The van der Waals surface area contributed by atoms with Crippen LogP contribution < -0.4 is 4.90 Å². The summed E-state index contributed by atoms with van der Waals surface area (Å²) >= 11 is 0. The second kappa shape index (κ2) is 3.44. The Morgan fingerprint density at radius 1 is 1.19 bits per heavy atom. The maximum Gasteiger partial charge on any atom is 0.125 e. The van der Waals surface area contributed by atoms with Crippen molar-refractivity contribution in [1.82, 2.24) is 9.97 Å². The first-order valence-corrected chi connectivity index (χ1v) is 6.20. The average molecular weight is 217 g/mol. The topological polar surface area (TPSA) is 29.0 Å². The number of nitrogens with zero attached hydrogens (tertiary/aromatic N) is 3. The Labute approximate surface area is 96.9 Å². The van der Waals surface area contributed by atoms with Gasteiger partial charge in [0.25, 0.3) is 0 Å². The van der Waals surface area contributed by atoms with Crippen molar-refractivity contribution in [3.8, 4) is 0 Å². The summed E-state index contributed by atoms with van der Waals surface area (Å²) in [5, 5.41) is 0. The highest BCUT2D eigenvalue weighted by Crippen LogP contribution is 2.55. The molecule has 86 valence electrons. The van der Waals surface area contributed by atoms with Gasteiger partial charge in [0.05, 0.1) is 18.1 Å². The first-order valence-electron chi connectivity index (χ1n) is 6.20. The molecule has 3 heteroatoms. The van der Waals surface area contributed by atoms with Crippen LogP contribution >= 0.6 is 0 Å². The molecular formula is C13H19N3. The lowest BCUT2D eigenvalue weighted by Gasteiger charge is -2.22. The van der Waals surface area contributed by atoms with Gasteiger partial charge in [-0.3, -0.25) is 0 Å². The number of hydrogen-bond acceptors (Lipinski definition) is 3. The molecule has 2 aliphatic rings. The largest absolute Gasteiger partial charge is 0.368 e. The van der Waals surface area contributed by atoms with Gasteiger partial charge in [-0.15, -0.1) is 0 Å². The molecule has 2 heterocycles. The third kappa shape index (κ3) is 1.49. The third-order valence-corrected chi connectivity index (χ3v) is 4.16. The molecule has 0 amide bonds. The van der Waals surface area contributed by atoms with E-state index in [1.165, 1.54) is 18.8 Å². The molecule has 1 aromatic heterocycles. The summed E-state index contributed by atoms with van der Waals surface area (Å²) in [5.41, 5.74) is 1.19. The van der Waals surface area contributed by atoms with E-state index in [1.807, 2.05) is 19.3 Å². The molecule has 0 radical (unpaired) electrons. The van der Waals surface area contributed by atoms with Gasteiger partial charge < -0.3 is 4.90 Å². The summed E-state index contributed by atoms with van der Waals surface area (Å²) in [6.45, 7) is 9.05. The summed E-state index contributed by atoms with van der Waals surface area (Å²) in [4.78, 5) is 11.0. The normalized spacial score (nSPS) is 32.0. The summed E-state index contributed by atoms with van der Waals surface area (Å²) < 4.78 is 0. The quantitative estimate of drug-likeness (QED) is 0.760. The average Bonchev–Trinajstić information content (AvgIpc) is 2.77. The van der Waals surface area contributed by atoms with E-state index < -0.39 is 0 Å². The van der Waals surface area contributed by atoms with Crippen molar-refractivity contribution in [3.05, 3.63) is 18.2 Å². The van der Waals surface area contributed by atoms with Crippen LogP contribution in [-0.4, -0.2) is 23.1 Å². The molecule has 1 saturated carbocycles. The molecule has 3 rings (SSSR count). The highest BCUT2D eigenvalue weighted by atomic mass is 15.2. The zero-order valence-corrected chi connectivity index (χ0v) is 10.2. The first kappa shape index (κ1) is 10.1. The maximum atomic E-state index is 4.26. The van der Waals surface area contributed by atoms with Gasteiger partial charge in [0.1, 0.15) is 5.82 Å². The minimum atomic E-state index is 0.853. The van der Waals surface area contributed by atoms with Gasteiger partial charge in [0.2, 0.25) is 0 Å². The van der Waals surface area contributed by atoms with E-state index in [4.69, 9.17) is 0 Å². The molecule has 2 atom stereocenters. The van der Waals surface area contributed by atoms with Crippen LogP contribution in [0.3, 0.4) is 0 Å². The van der Waals surface area contributed by atoms with Crippen molar-refractivity contribution in [2.75, 3.05) is 18.0 Å². The second-order valence-electron chi connectivity index (χ2n) is 5.54. The molecule has 3 nitrogen and oxygen atoms in total. The number of piperidine rings is 1. The molecule has 16 heavy (non-hydrogen) atoms. The molecule has 2 fully saturated rings. The number of rotatable bonds is 2. The zero-order chi connectivity index (χ0) is 11.3. The molecule has 0 aromatic carbocycles. The van der Waals surface area contributed by atoms with E-state index in [-0.39, 0.29) is 0 Å². The van der Waals surface area contributed by atoms with Gasteiger partial charge in [-0.1, -0.05) is 13.8 Å². The Hall–Kier alpha value is -1.12. The lowest BCUT2D eigenvalue weighted by atomic mass is 10.0. The van der Waals surface area contributed by atoms with E-state index in [9.17, 15) is 0 Å². The monoisotopic (exact) mass is 217 g/mol. The Morgan fingerprint density at radius 2 is 1.75 bits per heavy atom. The zero-order valence-electron chi connectivity index (χ0n) is 10.2. The van der Waals surface area contributed by atoms with Crippen molar-refractivity contribution >= 4 is 5.69 Å². The van der Waals surface area contributed by atoms with Gasteiger partial charge in [0, 0.05) is 13.1 Å². The van der Waals surface area contributed by atoms with Gasteiger partial charge in [0.15, 0.2) is 0 Å². The number of hydrogen-bond donors (Lipinski definition) is 0. The van der Waals surface area contributed by atoms with Crippen LogP contribution in [0.4, 0.5) is 5.69 Å². The molecule has 0 bridgehead atoms. The van der Waals surface area contributed by atoms with Crippen LogP contribution in [0.15, 0.2) is 12.4 Å². The predicted molar refractivity (Wildman–Crippen MR) is 64.3 cm³/mol. The molecule has 2 unspecified atom stereocenters. The number of aromatic nitrogens is 2. The molecule has 0 N–H and O–H groups in total. The molecular weight excluding hydrogens is 198 g/mol. The third-order valence-electron chi connectivity index (χ3n) is 4.16. The van der Waals surface area contributed by atoms with Crippen LogP contribution in [0, 0.1) is 30.6 Å². The Bertz CT molecular complexity index is 373. The standard InChI is InChI=1S/C13H19N3/c1-8(2)13-11-6-16(7-12(11)13)10-4-14-9(3)15-5-10/h4-5,8,11-13H,6-7H2,1-3H3. The fourth-order valence-electron chi connectivity index (χ4n) is 3.32. The highest BCUT2D eigenvalue weighted by molar-refractivity contribution is 5.45. The lowest BCUT2D eigenvalue weighted by Crippen LogP contribution is -2.25. The number of anilines is 1. The minimum Gasteiger partial charge on any atom is -0.368 e. The summed E-state index contributed by atoms with van der Waals surface area (Å²) in [7, 11) is 0. The van der Waals surface area contributed by atoms with Crippen LogP contribution in [-0.2, 0) is 0 Å². The van der Waals surface area contributed by atoms with Crippen molar-refractivity contribution in [2.24, 2.45) is 23.7 Å². The van der Waals surface area contributed by atoms with Crippen LogP contribution in [0.5, 0.6) is 0 Å². The van der Waals surface area contributed by atoms with E-state index in [2.05, 4.69) is 28.7 Å². The smallest absolute Gasteiger partial charge is 0.125 e. The second-order valence-corrected chi connectivity index (χ2v) is 5.54. The SMILES string of the molecule is Cc1ncc(N2CC3C(C2)C3C(C)C)cn1. The van der Waals surface area contributed by atoms with Crippen molar-refractivity contribution in [1.29, 1.82) is 0 Å². The van der Waals surface area contributed by atoms with E-state index in [1.54, 1.807) is 0 Å². The van der Waals surface area contributed by atoms with Crippen LogP contribution in [0.25, 0.3) is 0 Å². The number of fused-ring (bicyclic) bond motifs is 1. The van der Waals surface area contributed by atoms with E-state index >= 15 is 0 Å². The Morgan fingerprint density at radius 3 is 2.25 bits per heavy atom. The Balaban J connectivity index is 1.67. The van der Waals surface area contributed by atoms with E-state index in [0.717, 1.165) is 29.5 Å². The Kier molecular flexibility index (Phi) is 2.16.